The third-order valence-electron chi connectivity index (χ3n) is 6.66. The molecule has 0 saturated carbocycles. The zero-order valence-electron chi connectivity index (χ0n) is 21.8. The van der Waals surface area contributed by atoms with Crippen LogP contribution in [-0.4, -0.2) is 18.8 Å². The summed E-state index contributed by atoms with van der Waals surface area (Å²) in [6.07, 6.45) is 1.89. The maximum absolute atomic E-state index is 11.8. The highest BCUT2D eigenvalue weighted by atomic mass is 35.5. The minimum atomic E-state index is -2.78. The molecular formula is C30H32Cl2N2O2Si. The van der Waals surface area contributed by atoms with Gasteiger partial charge in [-0.1, -0.05) is 105 Å². The number of anilines is 1. The first-order valence-electron chi connectivity index (χ1n) is 12.2. The molecule has 0 bridgehead atoms. The van der Waals surface area contributed by atoms with Crippen molar-refractivity contribution in [2.24, 2.45) is 0 Å². The third kappa shape index (κ3) is 5.27. The fraction of sp³-hybridized carbons (Fsp3) is 0.233. The minimum Gasteiger partial charge on any atom is -0.403 e. The van der Waals surface area contributed by atoms with E-state index in [9.17, 15) is 4.79 Å². The molecule has 0 fully saturated rings. The SMILES string of the molecule is CC(=O)Nc1c(C)ccn1-c1ccc(Cl)c(CO[Si](c2ccccc2)(c2ccccc2)C(C)(C)C)c1Cl. The number of hydrogen-bond donors (Lipinski definition) is 1. The van der Waals surface area contributed by atoms with E-state index in [2.05, 4.69) is 74.6 Å². The number of rotatable bonds is 7. The van der Waals surface area contributed by atoms with Crippen molar-refractivity contribution in [2.75, 3.05) is 5.32 Å². The summed E-state index contributed by atoms with van der Waals surface area (Å²) in [6, 6.07) is 26.6. The Labute approximate surface area is 230 Å². The summed E-state index contributed by atoms with van der Waals surface area (Å²) in [5.74, 6) is 0.527. The molecule has 0 aliphatic heterocycles. The van der Waals surface area contributed by atoms with Gasteiger partial charge in [0.2, 0.25) is 5.91 Å². The molecule has 0 aliphatic carbocycles. The second kappa shape index (κ2) is 10.9. The number of nitrogens with one attached hydrogen (secondary N) is 1. The smallest absolute Gasteiger partial charge is 0.261 e. The maximum atomic E-state index is 11.8. The zero-order valence-corrected chi connectivity index (χ0v) is 24.3. The summed E-state index contributed by atoms with van der Waals surface area (Å²) in [5, 5.41) is 6.13. The third-order valence-corrected chi connectivity index (χ3v) is 12.4. The Hall–Kier alpha value is -2.83. The van der Waals surface area contributed by atoms with E-state index in [1.165, 1.54) is 17.3 Å². The predicted molar refractivity (Wildman–Crippen MR) is 157 cm³/mol. The number of aryl methyl sites for hydroxylation is 1. The molecule has 7 heteroatoms. The average molecular weight is 552 g/mol. The van der Waals surface area contributed by atoms with Gasteiger partial charge in [0.05, 0.1) is 17.3 Å². The van der Waals surface area contributed by atoms with Crippen molar-refractivity contribution in [3.63, 3.8) is 0 Å². The fourth-order valence-electron chi connectivity index (χ4n) is 4.90. The van der Waals surface area contributed by atoms with E-state index in [1.54, 1.807) is 0 Å². The molecule has 0 unspecified atom stereocenters. The van der Waals surface area contributed by atoms with E-state index >= 15 is 0 Å². The van der Waals surface area contributed by atoms with Crippen LogP contribution in [0.4, 0.5) is 5.82 Å². The van der Waals surface area contributed by atoms with Crippen molar-refractivity contribution in [3.8, 4) is 5.69 Å². The van der Waals surface area contributed by atoms with Crippen molar-refractivity contribution in [2.45, 2.75) is 46.3 Å². The van der Waals surface area contributed by atoms with E-state index in [0.29, 0.717) is 21.4 Å². The summed E-state index contributed by atoms with van der Waals surface area (Å²) < 4.78 is 8.97. The van der Waals surface area contributed by atoms with E-state index in [1.807, 2.05) is 48.0 Å². The number of carbonyl (C=O) groups excluding carboxylic acids is 1. The van der Waals surface area contributed by atoms with Gasteiger partial charge >= 0.3 is 0 Å². The topological polar surface area (TPSA) is 43.3 Å². The number of halogens is 2. The van der Waals surface area contributed by atoms with Gasteiger partial charge in [0.1, 0.15) is 5.82 Å². The van der Waals surface area contributed by atoms with Crippen LogP contribution >= 0.6 is 23.2 Å². The molecule has 0 spiro atoms. The van der Waals surface area contributed by atoms with E-state index in [-0.39, 0.29) is 17.6 Å². The first-order chi connectivity index (χ1) is 17.6. The molecule has 4 aromatic rings. The highest BCUT2D eigenvalue weighted by Gasteiger charge is 2.50. The number of amides is 1. The van der Waals surface area contributed by atoms with Crippen LogP contribution in [0.3, 0.4) is 0 Å². The molecule has 0 saturated heterocycles. The molecule has 37 heavy (non-hydrogen) atoms. The summed E-state index contributed by atoms with van der Waals surface area (Å²) in [5.41, 5.74) is 2.38. The van der Waals surface area contributed by atoms with Crippen LogP contribution in [0, 0.1) is 6.92 Å². The normalized spacial score (nSPS) is 12.0. The van der Waals surface area contributed by atoms with Gasteiger partial charge in [-0.05, 0) is 46.1 Å². The van der Waals surface area contributed by atoms with Gasteiger partial charge in [-0.2, -0.15) is 0 Å². The van der Waals surface area contributed by atoms with Crippen LogP contribution in [0.25, 0.3) is 5.69 Å². The summed E-state index contributed by atoms with van der Waals surface area (Å²) >= 11 is 13.7. The van der Waals surface area contributed by atoms with Crippen LogP contribution in [0.1, 0.15) is 38.8 Å². The first-order valence-corrected chi connectivity index (χ1v) is 14.9. The van der Waals surface area contributed by atoms with Gasteiger partial charge in [0.25, 0.3) is 8.32 Å². The lowest BCUT2D eigenvalue weighted by Gasteiger charge is -2.43. The second-order valence-electron chi connectivity index (χ2n) is 10.2. The molecule has 0 radical (unpaired) electrons. The Morgan fingerprint density at radius 3 is 2.00 bits per heavy atom. The van der Waals surface area contributed by atoms with E-state index in [4.69, 9.17) is 27.6 Å². The monoisotopic (exact) mass is 550 g/mol. The lowest BCUT2D eigenvalue weighted by molar-refractivity contribution is -0.114. The Bertz CT molecular complexity index is 1360. The zero-order chi connectivity index (χ0) is 26.8. The Morgan fingerprint density at radius 1 is 0.919 bits per heavy atom. The standard InChI is InChI=1S/C30H32Cl2N2O2Si/c1-21-18-19-34(29(21)33-22(2)35)27-17-16-26(31)25(28(27)32)20-36-37(30(3,4)5,23-12-8-6-9-13-23)24-14-10-7-11-15-24/h6-19H,20H2,1-5H3,(H,33,35). The molecule has 0 atom stereocenters. The predicted octanol–water partition coefficient (Wildman–Crippen LogP) is 7.13. The summed E-state index contributed by atoms with van der Waals surface area (Å²) in [7, 11) is -2.78. The molecule has 0 aliphatic rings. The average Bonchev–Trinajstić information content (AvgIpc) is 3.21. The molecule has 4 nitrogen and oxygen atoms in total. The van der Waals surface area contributed by atoms with Gasteiger partial charge in [0, 0.05) is 23.7 Å². The molecular weight excluding hydrogens is 519 g/mol. The number of carbonyl (C=O) groups is 1. The van der Waals surface area contributed by atoms with Crippen LogP contribution in [0.5, 0.6) is 0 Å². The van der Waals surface area contributed by atoms with Gasteiger partial charge in [0.15, 0.2) is 0 Å². The summed E-state index contributed by atoms with van der Waals surface area (Å²) in [4.78, 5) is 11.8. The van der Waals surface area contributed by atoms with Gasteiger partial charge in [-0.3, -0.25) is 4.79 Å². The maximum Gasteiger partial charge on any atom is 0.261 e. The van der Waals surface area contributed by atoms with Crippen molar-refractivity contribution in [1.82, 2.24) is 4.57 Å². The van der Waals surface area contributed by atoms with Gasteiger partial charge in [-0.15, -0.1) is 0 Å². The molecule has 1 N–H and O–H groups in total. The quantitative estimate of drug-likeness (QED) is 0.249. The largest absolute Gasteiger partial charge is 0.403 e. The first kappa shape index (κ1) is 27.2. The van der Waals surface area contributed by atoms with Crippen molar-refractivity contribution in [3.05, 3.63) is 106 Å². The molecule has 4 rings (SSSR count). The molecule has 192 valence electrons. The highest BCUT2D eigenvalue weighted by molar-refractivity contribution is 6.99. The number of hydrogen-bond acceptors (Lipinski definition) is 2. The Balaban J connectivity index is 1.82. The van der Waals surface area contributed by atoms with Crippen LogP contribution in [-0.2, 0) is 15.8 Å². The van der Waals surface area contributed by atoms with Crippen LogP contribution in [0.2, 0.25) is 15.1 Å². The second-order valence-corrected chi connectivity index (χ2v) is 15.3. The highest BCUT2D eigenvalue weighted by Crippen LogP contribution is 2.39. The van der Waals surface area contributed by atoms with E-state index in [0.717, 1.165) is 11.3 Å². The van der Waals surface area contributed by atoms with Gasteiger partial charge < -0.3 is 14.3 Å². The number of benzene rings is 3. The van der Waals surface area contributed by atoms with Crippen LogP contribution in [0.15, 0.2) is 85.1 Å². The summed E-state index contributed by atoms with van der Waals surface area (Å²) in [6.45, 7) is 10.4. The Morgan fingerprint density at radius 2 is 1.49 bits per heavy atom. The lowest BCUT2D eigenvalue weighted by atomic mass is 10.2. The lowest BCUT2D eigenvalue weighted by Crippen LogP contribution is -2.66. The van der Waals surface area contributed by atoms with Crippen molar-refractivity contribution < 1.29 is 9.22 Å². The van der Waals surface area contributed by atoms with Crippen molar-refractivity contribution >= 4 is 53.6 Å². The molecule has 1 amide bonds. The number of aromatic nitrogens is 1. The van der Waals surface area contributed by atoms with Crippen LogP contribution < -0.4 is 15.7 Å². The molecule has 1 heterocycles. The molecule has 3 aromatic carbocycles. The van der Waals surface area contributed by atoms with Gasteiger partial charge in [-0.25, -0.2) is 0 Å². The molecule has 1 aromatic heterocycles. The van der Waals surface area contributed by atoms with Crippen molar-refractivity contribution in [1.29, 1.82) is 0 Å². The fourth-order valence-corrected chi connectivity index (χ4v) is 9.99. The minimum absolute atomic E-state index is 0.150. The Kier molecular flexibility index (Phi) is 8.00. The van der Waals surface area contributed by atoms with E-state index < -0.39 is 8.32 Å². The number of nitrogens with zero attached hydrogens (tertiary/aromatic N) is 1.